The van der Waals surface area contributed by atoms with Gasteiger partial charge in [0.2, 0.25) is 0 Å². The second kappa shape index (κ2) is 11.7. The zero-order chi connectivity index (χ0) is 23.9. The van der Waals surface area contributed by atoms with Crippen LogP contribution >= 0.6 is 0 Å². The van der Waals surface area contributed by atoms with Crippen LogP contribution in [0.2, 0.25) is 0 Å². The van der Waals surface area contributed by atoms with E-state index in [9.17, 15) is 33.4 Å². The molecule has 8 N–H and O–H groups in total. The lowest BCUT2D eigenvalue weighted by molar-refractivity contribution is -0.117. The van der Waals surface area contributed by atoms with Crippen LogP contribution in [0, 0.1) is 0 Å². The Morgan fingerprint density at radius 3 is 2.44 bits per heavy atom. The predicted molar refractivity (Wildman–Crippen MR) is 116 cm³/mol. The molecular weight excluding hydrogens is 446 g/mol. The van der Waals surface area contributed by atoms with Gasteiger partial charge in [-0.2, -0.15) is 8.42 Å². The largest absolute Gasteiger partial charge is 0.497 e. The number of aromatic nitrogens is 1. The lowest BCUT2D eigenvalue weighted by Crippen LogP contribution is -2.56. The summed E-state index contributed by atoms with van der Waals surface area (Å²) in [5.41, 5.74) is 1.41. The van der Waals surface area contributed by atoms with Gasteiger partial charge in [0.05, 0.1) is 24.9 Å². The van der Waals surface area contributed by atoms with Crippen molar-refractivity contribution in [1.29, 1.82) is 0 Å². The molecule has 0 bridgehead atoms. The molecule has 0 amide bonds. The fourth-order valence-corrected chi connectivity index (χ4v) is 3.93. The highest BCUT2D eigenvalue weighted by atomic mass is 32.2. The van der Waals surface area contributed by atoms with Gasteiger partial charge >= 0.3 is 0 Å². The van der Waals surface area contributed by atoms with E-state index >= 15 is 0 Å². The molecule has 2 aromatic rings. The molecule has 1 heterocycles. The van der Waals surface area contributed by atoms with E-state index in [4.69, 9.17) is 9.84 Å². The number of aliphatic hydroxyl groups is 5. The Kier molecular flexibility index (Phi) is 9.54. The Hall–Kier alpha value is -2.10. The van der Waals surface area contributed by atoms with Crippen LogP contribution in [0.5, 0.6) is 5.75 Å². The van der Waals surface area contributed by atoms with Crippen molar-refractivity contribution >= 4 is 26.7 Å². The number of pyridine rings is 1. The molecule has 180 valence electrons. The van der Waals surface area contributed by atoms with Crippen molar-refractivity contribution < 1.29 is 43.2 Å². The maximum Gasteiger partial charge on any atom is 0.283 e. The SMILES string of the molecule is COc1cc(NCCCN[C@@H]([C@@H](O)[C@H](O)[C@H](O)C(O)CO)S(=O)(=O)O)c2ncccc2c1. The maximum absolute atomic E-state index is 11.6. The van der Waals surface area contributed by atoms with Crippen LogP contribution in [0.25, 0.3) is 10.9 Å². The number of rotatable bonds is 13. The van der Waals surface area contributed by atoms with Gasteiger partial charge in [0.1, 0.15) is 30.2 Å². The summed E-state index contributed by atoms with van der Waals surface area (Å²) >= 11 is 0. The summed E-state index contributed by atoms with van der Waals surface area (Å²) in [5, 5.41) is 52.3. The van der Waals surface area contributed by atoms with Crippen LogP contribution in [-0.2, 0) is 10.1 Å². The van der Waals surface area contributed by atoms with Crippen molar-refractivity contribution in [3.05, 3.63) is 30.5 Å². The normalized spacial score (nSPS) is 16.8. The molecule has 1 aromatic heterocycles. The highest BCUT2D eigenvalue weighted by Gasteiger charge is 2.40. The van der Waals surface area contributed by atoms with Crippen molar-refractivity contribution in [1.82, 2.24) is 10.3 Å². The lowest BCUT2D eigenvalue weighted by Gasteiger charge is -2.30. The van der Waals surface area contributed by atoms with Crippen molar-refractivity contribution in [3.63, 3.8) is 0 Å². The predicted octanol–water partition coefficient (Wildman–Crippen LogP) is -1.72. The third kappa shape index (κ3) is 6.70. The van der Waals surface area contributed by atoms with Gasteiger partial charge in [-0.3, -0.25) is 14.9 Å². The minimum absolute atomic E-state index is 0.00475. The molecule has 0 aliphatic heterocycles. The number of fused-ring (bicyclic) bond motifs is 1. The average Bonchev–Trinajstić information content (AvgIpc) is 2.78. The topological polar surface area (TPSA) is 202 Å². The number of nitrogens with zero attached hydrogens (tertiary/aromatic N) is 1. The number of hydrogen-bond donors (Lipinski definition) is 8. The number of nitrogens with one attached hydrogen (secondary N) is 2. The van der Waals surface area contributed by atoms with Crippen LogP contribution < -0.4 is 15.4 Å². The fourth-order valence-electron chi connectivity index (χ4n) is 3.09. The van der Waals surface area contributed by atoms with Gasteiger partial charge in [-0.1, -0.05) is 6.07 Å². The molecule has 0 aliphatic carbocycles. The van der Waals surface area contributed by atoms with Gasteiger partial charge in [0, 0.05) is 24.2 Å². The Morgan fingerprint density at radius 1 is 1.09 bits per heavy atom. The molecule has 0 spiro atoms. The Bertz CT molecular complexity index is 976. The van der Waals surface area contributed by atoms with Crippen molar-refractivity contribution in [2.45, 2.75) is 36.2 Å². The first kappa shape index (κ1) is 26.2. The van der Waals surface area contributed by atoms with Gasteiger partial charge in [-0.05, 0) is 25.1 Å². The van der Waals surface area contributed by atoms with Gasteiger partial charge < -0.3 is 35.6 Å². The quantitative estimate of drug-likeness (QED) is 0.120. The number of ether oxygens (including phenoxy) is 1. The molecule has 1 unspecified atom stereocenters. The van der Waals surface area contributed by atoms with Gasteiger partial charge in [0.15, 0.2) is 5.37 Å². The van der Waals surface area contributed by atoms with E-state index in [1.807, 2.05) is 12.1 Å². The molecule has 12 nitrogen and oxygen atoms in total. The number of aliphatic hydroxyl groups excluding tert-OH is 5. The molecule has 1 aromatic carbocycles. The van der Waals surface area contributed by atoms with Crippen molar-refractivity contribution in [2.75, 3.05) is 32.1 Å². The number of anilines is 1. The van der Waals surface area contributed by atoms with Crippen LogP contribution in [0.3, 0.4) is 0 Å². The minimum Gasteiger partial charge on any atom is -0.497 e. The monoisotopic (exact) mass is 475 g/mol. The zero-order valence-corrected chi connectivity index (χ0v) is 18.2. The first-order chi connectivity index (χ1) is 15.1. The zero-order valence-electron chi connectivity index (χ0n) is 17.4. The standard InChI is InChI=1S/C19H29N3O9S/c1-31-12-8-11-4-2-5-21-15(11)13(9-12)20-6-3-7-22-19(32(28,29)30)18(27)17(26)16(25)14(24)10-23/h2,4-5,8-9,14,16-20,22-27H,3,6-7,10H2,1H3,(H,28,29,30)/t14?,16-,17-,18+,19-/m1/s1. The molecule has 5 atom stereocenters. The lowest BCUT2D eigenvalue weighted by atomic mass is 10.0. The molecule has 13 heteroatoms. The highest BCUT2D eigenvalue weighted by Crippen LogP contribution is 2.27. The average molecular weight is 476 g/mol. The molecule has 0 fully saturated rings. The Morgan fingerprint density at radius 2 is 1.81 bits per heavy atom. The third-order valence-corrected chi connectivity index (χ3v) is 5.93. The molecule has 0 saturated carbocycles. The third-order valence-electron chi connectivity index (χ3n) is 4.84. The van der Waals surface area contributed by atoms with Gasteiger partial charge in [-0.15, -0.1) is 0 Å². The number of benzene rings is 1. The van der Waals surface area contributed by atoms with E-state index < -0.39 is 46.5 Å². The molecule has 0 aliphatic rings. The Balaban J connectivity index is 1.98. The van der Waals surface area contributed by atoms with E-state index in [1.54, 1.807) is 18.3 Å². The molecule has 0 saturated heterocycles. The van der Waals surface area contributed by atoms with Crippen LogP contribution in [-0.4, -0.2) is 100 Å². The van der Waals surface area contributed by atoms with E-state index in [1.165, 1.54) is 7.11 Å². The molecular formula is C19H29N3O9S. The summed E-state index contributed by atoms with van der Waals surface area (Å²) in [7, 11) is -3.34. The van der Waals surface area contributed by atoms with E-state index in [-0.39, 0.29) is 6.54 Å². The fraction of sp³-hybridized carbons (Fsp3) is 0.526. The first-order valence-corrected chi connectivity index (χ1v) is 11.3. The van der Waals surface area contributed by atoms with Gasteiger partial charge in [0.25, 0.3) is 10.1 Å². The minimum atomic E-state index is -4.88. The highest BCUT2D eigenvalue weighted by molar-refractivity contribution is 7.86. The first-order valence-electron chi connectivity index (χ1n) is 9.79. The maximum atomic E-state index is 11.6. The van der Waals surface area contributed by atoms with Crippen LogP contribution in [0.4, 0.5) is 5.69 Å². The summed E-state index contributed by atoms with van der Waals surface area (Å²) in [6.45, 7) is -0.571. The van der Waals surface area contributed by atoms with Crippen molar-refractivity contribution in [2.24, 2.45) is 0 Å². The second-order valence-electron chi connectivity index (χ2n) is 7.14. The number of hydrogen-bond acceptors (Lipinski definition) is 11. The van der Waals surface area contributed by atoms with Crippen molar-refractivity contribution in [3.8, 4) is 5.75 Å². The summed E-state index contributed by atoms with van der Waals surface area (Å²) in [4.78, 5) is 4.33. The van der Waals surface area contributed by atoms with E-state index in [0.717, 1.165) is 5.39 Å². The van der Waals surface area contributed by atoms with Gasteiger partial charge in [-0.25, -0.2) is 0 Å². The molecule has 0 radical (unpaired) electrons. The summed E-state index contributed by atoms with van der Waals surface area (Å²) in [6.07, 6.45) is -6.19. The van der Waals surface area contributed by atoms with E-state index in [2.05, 4.69) is 15.6 Å². The smallest absolute Gasteiger partial charge is 0.283 e. The number of methoxy groups -OCH3 is 1. The molecule has 32 heavy (non-hydrogen) atoms. The van der Waals surface area contributed by atoms with Crippen LogP contribution in [0.15, 0.2) is 30.5 Å². The molecule has 2 rings (SSSR count). The van der Waals surface area contributed by atoms with E-state index in [0.29, 0.717) is 29.9 Å². The summed E-state index contributed by atoms with van der Waals surface area (Å²) in [6, 6.07) is 7.27. The Labute approximate surface area is 185 Å². The van der Waals surface area contributed by atoms with Crippen LogP contribution in [0.1, 0.15) is 6.42 Å². The second-order valence-corrected chi connectivity index (χ2v) is 8.68. The summed E-state index contributed by atoms with van der Waals surface area (Å²) in [5.74, 6) is 0.623. The summed E-state index contributed by atoms with van der Waals surface area (Å²) < 4.78 is 37.9.